The van der Waals surface area contributed by atoms with Crippen LogP contribution in [0.1, 0.15) is 63.7 Å². The van der Waals surface area contributed by atoms with Crippen molar-refractivity contribution in [3.8, 4) is 17.2 Å². The number of fused-ring (bicyclic) bond motifs is 3. The van der Waals surface area contributed by atoms with Crippen molar-refractivity contribution < 1.29 is 9.15 Å². The Kier molecular flexibility index (Phi) is 6.21. The fraction of sp³-hybridized carbons (Fsp3) is 0.367. The lowest BCUT2D eigenvalue weighted by Crippen LogP contribution is -2.35. The van der Waals surface area contributed by atoms with Crippen molar-refractivity contribution in [3.63, 3.8) is 0 Å². The number of hydrogen-bond donors (Lipinski definition) is 0. The zero-order valence-electron chi connectivity index (χ0n) is 20.5. The number of ether oxygens (including phenoxy) is 1. The molecule has 4 aromatic rings. The first kappa shape index (κ1) is 22.6. The number of benzene rings is 2. The number of aromatic nitrogens is 1. The topological polar surface area (TPSA) is 38.5 Å². The van der Waals surface area contributed by atoms with E-state index in [2.05, 4.69) is 46.6 Å². The number of aryl methyl sites for hydroxylation is 2. The quantitative estimate of drug-likeness (QED) is 0.292. The molecule has 3 heterocycles. The Labute approximate surface area is 211 Å². The highest BCUT2D eigenvalue weighted by molar-refractivity contribution is 7.12. The van der Waals surface area contributed by atoms with Crippen LogP contribution in [0.4, 0.5) is 0 Å². The summed E-state index contributed by atoms with van der Waals surface area (Å²) < 4.78 is 11.7. The molecule has 6 rings (SSSR count). The molecule has 0 saturated carbocycles. The fourth-order valence-corrected chi connectivity index (χ4v) is 7.22. The van der Waals surface area contributed by atoms with Crippen LogP contribution in [0.5, 0.6) is 5.75 Å². The monoisotopic (exact) mass is 484 g/mol. The Hall–Kier alpha value is -2.89. The number of thiophene rings is 1. The van der Waals surface area contributed by atoms with E-state index in [9.17, 15) is 0 Å². The van der Waals surface area contributed by atoms with Crippen LogP contribution >= 0.6 is 11.3 Å². The van der Waals surface area contributed by atoms with Crippen molar-refractivity contribution in [1.29, 1.82) is 0 Å². The van der Waals surface area contributed by atoms with Crippen molar-refractivity contribution in [2.24, 2.45) is 0 Å². The first-order valence-corrected chi connectivity index (χ1v) is 13.6. The van der Waals surface area contributed by atoms with Gasteiger partial charge in [-0.1, -0.05) is 30.3 Å². The summed E-state index contributed by atoms with van der Waals surface area (Å²) >= 11 is 2.07. The Morgan fingerprint density at radius 2 is 1.80 bits per heavy atom. The molecule has 5 heteroatoms. The normalized spacial score (nSPS) is 17.7. The number of oxazole rings is 1. The second-order valence-electron chi connectivity index (χ2n) is 9.57. The largest absolute Gasteiger partial charge is 0.494 e. The molecule has 180 valence electrons. The molecular formula is C30H32N2O2S. The van der Waals surface area contributed by atoms with Gasteiger partial charge in [-0.25, -0.2) is 4.98 Å². The molecule has 4 nitrogen and oxygen atoms in total. The third kappa shape index (κ3) is 4.32. The molecule has 2 aromatic heterocycles. The molecule has 0 amide bonds. The van der Waals surface area contributed by atoms with Gasteiger partial charge in [0.15, 0.2) is 0 Å². The van der Waals surface area contributed by atoms with E-state index in [4.69, 9.17) is 14.1 Å². The third-order valence-corrected chi connectivity index (χ3v) is 8.73. The van der Waals surface area contributed by atoms with Gasteiger partial charge in [0.05, 0.1) is 18.3 Å². The Morgan fingerprint density at radius 1 is 1.00 bits per heavy atom. The summed E-state index contributed by atoms with van der Waals surface area (Å²) in [6.07, 6.45) is 6.31. The van der Waals surface area contributed by atoms with Crippen molar-refractivity contribution in [3.05, 3.63) is 92.5 Å². The number of hydrogen-bond acceptors (Lipinski definition) is 5. The minimum atomic E-state index is 0.278. The van der Waals surface area contributed by atoms with Gasteiger partial charge in [-0.05, 0) is 86.9 Å². The maximum absolute atomic E-state index is 6.14. The average Bonchev–Trinajstić information content (AvgIpc) is 3.45. The van der Waals surface area contributed by atoms with Gasteiger partial charge in [0.2, 0.25) is 5.89 Å². The van der Waals surface area contributed by atoms with Gasteiger partial charge in [-0.15, -0.1) is 11.3 Å². The minimum Gasteiger partial charge on any atom is -0.494 e. The summed E-state index contributed by atoms with van der Waals surface area (Å²) in [4.78, 5) is 10.8. The summed E-state index contributed by atoms with van der Waals surface area (Å²) in [7, 11) is 0. The lowest BCUT2D eigenvalue weighted by Gasteiger charge is -2.36. The molecule has 0 spiro atoms. The van der Waals surface area contributed by atoms with Gasteiger partial charge in [0.25, 0.3) is 0 Å². The SMILES string of the molecule is CCOc1ccc(-c2nc(CN3CCc4c(sc5c4CCCC5)[C@@H]3c3ccccc3)c(C)o2)cc1. The summed E-state index contributed by atoms with van der Waals surface area (Å²) in [5.41, 5.74) is 6.70. The van der Waals surface area contributed by atoms with Crippen LogP contribution in [0.25, 0.3) is 11.5 Å². The van der Waals surface area contributed by atoms with Gasteiger partial charge < -0.3 is 9.15 Å². The summed E-state index contributed by atoms with van der Waals surface area (Å²) in [5, 5.41) is 0. The molecule has 0 radical (unpaired) electrons. The first-order chi connectivity index (χ1) is 17.2. The van der Waals surface area contributed by atoms with E-state index in [-0.39, 0.29) is 6.04 Å². The van der Waals surface area contributed by atoms with E-state index in [1.165, 1.54) is 31.2 Å². The van der Waals surface area contributed by atoms with Crippen LogP contribution in [-0.2, 0) is 25.8 Å². The van der Waals surface area contributed by atoms with Crippen LogP contribution in [0.15, 0.2) is 59.0 Å². The van der Waals surface area contributed by atoms with E-state index in [0.717, 1.165) is 42.3 Å². The molecule has 35 heavy (non-hydrogen) atoms. The molecular weight excluding hydrogens is 452 g/mol. The highest BCUT2D eigenvalue weighted by Crippen LogP contribution is 2.45. The molecule has 0 unspecified atom stereocenters. The minimum absolute atomic E-state index is 0.278. The predicted octanol–water partition coefficient (Wildman–Crippen LogP) is 7.14. The van der Waals surface area contributed by atoms with E-state index in [1.54, 1.807) is 20.9 Å². The predicted molar refractivity (Wildman–Crippen MR) is 141 cm³/mol. The van der Waals surface area contributed by atoms with Gasteiger partial charge in [0, 0.05) is 28.4 Å². The molecule has 1 aliphatic heterocycles. The lowest BCUT2D eigenvalue weighted by molar-refractivity contribution is 0.204. The molecule has 2 aliphatic rings. The van der Waals surface area contributed by atoms with Crippen molar-refractivity contribution >= 4 is 11.3 Å². The van der Waals surface area contributed by atoms with E-state index in [1.807, 2.05) is 38.1 Å². The van der Waals surface area contributed by atoms with Crippen LogP contribution < -0.4 is 4.74 Å². The zero-order valence-corrected chi connectivity index (χ0v) is 21.4. The maximum atomic E-state index is 6.14. The average molecular weight is 485 g/mol. The third-order valence-electron chi connectivity index (χ3n) is 7.35. The molecule has 0 fully saturated rings. The summed E-state index contributed by atoms with van der Waals surface area (Å²) in [6, 6.07) is 19.3. The molecule has 0 saturated heterocycles. The second-order valence-corrected chi connectivity index (χ2v) is 10.7. The fourth-order valence-electron chi connectivity index (χ4n) is 5.62. The van der Waals surface area contributed by atoms with Gasteiger partial charge in [-0.3, -0.25) is 4.90 Å². The summed E-state index contributed by atoms with van der Waals surface area (Å²) in [6.45, 7) is 6.52. The summed E-state index contributed by atoms with van der Waals surface area (Å²) in [5.74, 6) is 2.45. The first-order valence-electron chi connectivity index (χ1n) is 12.8. The van der Waals surface area contributed by atoms with Crippen molar-refractivity contribution in [2.45, 2.75) is 58.5 Å². The molecule has 0 bridgehead atoms. The second kappa shape index (κ2) is 9.63. The number of rotatable bonds is 6. The Bertz CT molecular complexity index is 1310. The van der Waals surface area contributed by atoms with E-state index in [0.29, 0.717) is 12.5 Å². The standard InChI is InChI=1S/C30H32N2O2S/c1-3-33-23-15-13-22(14-16-23)30-31-26(20(2)34-30)19-32-18-17-25-24-11-7-8-12-27(24)35-29(25)28(32)21-9-5-4-6-10-21/h4-6,9-10,13-16,28H,3,7-8,11-12,17-19H2,1-2H3/t28-/m0/s1. The van der Waals surface area contributed by atoms with Crippen molar-refractivity contribution in [2.75, 3.05) is 13.2 Å². The highest BCUT2D eigenvalue weighted by Gasteiger charge is 2.34. The van der Waals surface area contributed by atoms with Crippen LogP contribution in [0.2, 0.25) is 0 Å². The molecule has 0 N–H and O–H groups in total. The molecule has 2 aromatic carbocycles. The Balaban J connectivity index is 1.32. The number of nitrogens with zero attached hydrogens (tertiary/aromatic N) is 2. The van der Waals surface area contributed by atoms with Gasteiger partial charge >= 0.3 is 0 Å². The smallest absolute Gasteiger partial charge is 0.226 e. The van der Waals surface area contributed by atoms with E-state index < -0.39 is 0 Å². The van der Waals surface area contributed by atoms with E-state index >= 15 is 0 Å². The van der Waals surface area contributed by atoms with Crippen LogP contribution in [-0.4, -0.2) is 23.0 Å². The molecule has 1 aliphatic carbocycles. The van der Waals surface area contributed by atoms with Gasteiger partial charge in [0.1, 0.15) is 11.5 Å². The lowest BCUT2D eigenvalue weighted by atomic mass is 9.88. The van der Waals surface area contributed by atoms with Crippen LogP contribution in [0.3, 0.4) is 0 Å². The van der Waals surface area contributed by atoms with Crippen molar-refractivity contribution in [1.82, 2.24) is 9.88 Å². The van der Waals surface area contributed by atoms with Crippen LogP contribution in [0, 0.1) is 6.92 Å². The van der Waals surface area contributed by atoms with Gasteiger partial charge in [-0.2, -0.15) is 0 Å². The Morgan fingerprint density at radius 3 is 2.60 bits per heavy atom. The molecule has 1 atom stereocenters. The zero-order chi connectivity index (χ0) is 23.8. The maximum Gasteiger partial charge on any atom is 0.226 e. The highest BCUT2D eigenvalue weighted by atomic mass is 32.1.